The summed E-state index contributed by atoms with van der Waals surface area (Å²) in [5, 5.41) is 19.2. The summed E-state index contributed by atoms with van der Waals surface area (Å²) in [6.45, 7) is 0.386. The lowest BCUT2D eigenvalue weighted by Gasteiger charge is -2.20. The zero-order valence-electron chi connectivity index (χ0n) is 11.7. The number of hydrogen-bond acceptors (Lipinski definition) is 4. The number of benzene rings is 2. The molecule has 0 unspecified atom stereocenters. The Hall–Kier alpha value is -1.98. The van der Waals surface area contributed by atoms with Gasteiger partial charge in [-0.3, -0.25) is 0 Å². The summed E-state index contributed by atoms with van der Waals surface area (Å²) in [7, 11) is 2.13. The van der Waals surface area contributed by atoms with Crippen molar-refractivity contribution in [1.29, 1.82) is 0 Å². The van der Waals surface area contributed by atoms with Crippen LogP contribution in [0.25, 0.3) is 0 Å². The van der Waals surface area contributed by atoms with Gasteiger partial charge in [0.25, 0.3) is 0 Å². The van der Waals surface area contributed by atoms with Gasteiger partial charge >= 0.3 is 7.12 Å². The maximum absolute atomic E-state index is 9.58. The summed E-state index contributed by atoms with van der Waals surface area (Å²) in [5.41, 5.74) is 2.14. The molecule has 2 aromatic rings. The molecule has 0 radical (unpaired) electrons. The topological polar surface area (TPSA) is 52.9 Å². The van der Waals surface area contributed by atoms with E-state index in [1.54, 1.807) is 6.07 Å². The molecule has 0 aliphatic rings. The first kappa shape index (κ1) is 14.4. The summed E-state index contributed by atoms with van der Waals surface area (Å²) in [6.07, 6.45) is 0. The number of rotatable bonds is 5. The van der Waals surface area contributed by atoms with Crippen LogP contribution < -0.4 is 15.1 Å². The number of ether oxygens (including phenoxy) is 1. The van der Waals surface area contributed by atoms with E-state index in [1.807, 2.05) is 61.5 Å². The molecule has 0 amide bonds. The van der Waals surface area contributed by atoms with Gasteiger partial charge in [-0.25, -0.2) is 0 Å². The first-order valence-electron chi connectivity index (χ1n) is 6.42. The van der Waals surface area contributed by atoms with Crippen molar-refractivity contribution in [3.8, 4) is 5.75 Å². The first-order valence-corrected chi connectivity index (χ1v) is 6.42. The van der Waals surface area contributed by atoms with Gasteiger partial charge in [0.2, 0.25) is 0 Å². The second kappa shape index (κ2) is 6.46. The fourth-order valence-corrected chi connectivity index (χ4v) is 2.04. The van der Waals surface area contributed by atoms with Gasteiger partial charge in [0.1, 0.15) is 12.4 Å². The van der Waals surface area contributed by atoms with Crippen molar-refractivity contribution < 1.29 is 14.8 Å². The third-order valence-electron chi connectivity index (χ3n) is 3.02. The Morgan fingerprint density at radius 2 is 1.70 bits per heavy atom. The predicted octanol–water partition coefficient (Wildman–Crippen LogP) is 1.01. The summed E-state index contributed by atoms with van der Waals surface area (Å²) >= 11 is 0. The highest BCUT2D eigenvalue weighted by Crippen LogP contribution is 2.18. The van der Waals surface area contributed by atoms with E-state index >= 15 is 0 Å². The van der Waals surface area contributed by atoms with Crippen molar-refractivity contribution >= 4 is 18.3 Å². The monoisotopic (exact) mass is 271 g/mol. The fourth-order valence-electron chi connectivity index (χ4n) is 2.04. The third-order valence-corrected chi connectivity index (χ3v) is 3.02. The van der Waals surface area contributed by atoms with Gasteiger partial charge in [-0.15, -0.1) is 0 Å². The van der Waals surface area contributed by atoms with E-state index < -0.39 is 7.12 Å². The molecule has 4 nitrogen and oxygen atoms in total. The highest BCUT2D eigenvalue weighted by atomic mass is 16.5. The van der Waals surface area contributed by atoms with Crippen molar-refractivity contribution in [2.45, 2.75) is 6.61 Å². The molecule has 0 bridgehead atoms. The molecule has 2 N–H and O–H groups in total. The summed E-state index contributed by atoms with van der Waals surface area (Å²) in [5.74, 6) is 0.482. The van der Waals surface area contributed by atoms with E-state index in [4.69, 9.17) is 4.74 Å². The molecule has 0 atom stereocenters. The average Bonchev–Trinajstić information content (AvgIpc) is 2.45. The Morgan fingerprint density at radius 3 is 2.30 bits per heavy atom. The highest BCUT2D eigenvalue weighted by molar-refractivity contribution is 6.61. The van der Waals surface area contributed by atoms with Crippen LogP contribution >= 0.6 is 0 Å². The molecule has 20 heavy (non-hydrogen) atoms. The normalized spacial score (nSPS) is 10.2. The Kier molecular flexibility index (Phi) is 4.66. The molecule has 2 aromatic carbocycles. The zero-order chi connectivity index (χ0) is 14.5. The minimum absolute atomic E-state index is 0.383. The molecule has 5 heteroatoms. The van der Waals surface area contributed by atoms with Crippen LogP contribution in [0.1, 0.15) is 5.56 Å². The van der Waals surface area contributed by atoms with Gasteiger partial charge in [-0.1, -0.05) is 36.4 Å². The van der Waals surface area contributed by atoms with Crippen LogP contribution in [0.3, 0.4) is 0 Å². The van der Waals surface area contributed by atoms with E-state index in [1.165, 1.54) is 0 Å². The van der Waals surface area contributed by atoms with Crippen LogP contribution in [0.15, 0.2) is 48.5 Å². The Labute approximate surface area is 119 Å². The molecular formula is C15H18BNO3. The van der Waals surface area contributed by atoms with Gasteiger partial charge in [0, 0.05) is 25.2 Å². The van der Waals surface area contributed by atoms with Crippen molar-refractivity contribution in [1.82, 2.24) is 0 Å². The standard InChI is InChI=1S/C15H18BNO3/c1-17(2)13-9-6-10-14(15(13)16(18)19)20-11-12-7-4-3-5-8-12/h3-10,18-19H,11H2,1-2H3. The van der Waals surface area contributed by atoms with Gasteiger partial charge in [0.15, 0.2) is 0 Å². The molecule has 0 saturated heterocycles. The second-order valence-corrected chi connectivity index (χ2v) is 4.73. The molecule has 0 spiro atoms. The fraction of sp³-hybridized carbons (Fsp3) is 0.200. The molecular weight excluding hydrogens is 253 g/mol. The van der Waals surface area contributed by atoms with E-state index in [9.17, 15) is 10.0 Å². The molecule has 0 fully saturated rings. The molecule has 104 valence electrons. The minimum atomic E-state index is -1.57. The predicted molar refractivity (Wildman–Crippen MR) is 81.4 cm³/mol. The number of hydrogen-bond donors (Lipinski definition) is 2. The second-order valence-electron chi connectivity index (χ2n) is 4.73. The smallest absolute Gasteiger partial charge is 0.489 e. The SMILES string of the molecule is CN(C)c1cccc(OCc2ccccc2)c1B(O)O. The Bertz CT molecular complexity index is 558. The average molecular weight is 271 g/mol. The lowest BCUT2D eigenvalue weighted by molar-refractivity contribution is 0.307. The molecule has 0 saturated carbocycles. The lowest BCUT2D eigenvalue weighted by atomic mass is 9.78. The van der Waals surface area contributed by atoms with Gasteiger partial charge < -0.3 is 19.7 Å². The molecule has 2 rings (SSSR count). The van der Waals surface area contributed by atoms with Crippen molar-refractivity contribution in [2.75, 3.05) is 19.0 Å². The van der Waals surface area contributed by atoms with Crippen LogP contribution in [-0.2, 0) is 6.61 Å². The van der Waals surface area contributed by atoms with Crippen molar-refractivity contribution in [2.24, 2.45) is 0 Å². The van der Waals surface area contributed by atoms with E-state index in [-0.39, 0.29) is 0 Å². The Morgan fingerprint density at radius 1 is 1.00 bits per heavy atom. The third kappa shape index (κ3) is 3.32. The number of nitrogens with zero attached hydrogens (tertiary/aromatic N) is 1. The maximum Gasteiger partial charge on any atom is 0.494 e. The van der Waals surface area contributed by atoms with Crippen molar-refractivity contribution in [3.63, 3.8) is 0 Å². The van der Waals surface area contributed by atoms with Crippen LogP contribution in [0, 0.1) is 0 Å². The Balaban J connectivity index is 2.25. The largest absolute Gasteiger partial charge is 0.494 e. The summed E-state index contributed by atoms with van der Waals surface area (Å²) in [4.78, 5) is 1.82. The molecule has 0 aliphatic heterocycles. The van der Waals surface area contributed by atoms with Crippen LogP contribution in [-0.4, -0.2) is 31.3 Å². The van der Waals surface area contributed by atoms with Crippen LogP contribution in [0.5, 0.6) is 5.75 Å². The van der Waals surface area contributed by atoms with Gasteiger partial charge in [0.05, 0.1) is 0 Å². The summed E-state index contributed by atoms with van der Waals surface area (Å²) < 4.78 is 5.73. The zero-order valence-corrected chi connectivity index (χ0v) is 11.7. The van der Waals surface area contributed by atoms with Crippen LogP contribution in [0.2, 0.25) is 0 Å². The lowest BCUT2D eigenvalue weighted by Crippen LogP contribution is -2.35. The van der Waals surface area contributed by atoms with E-state index in [0.717, 1.165) is 11.3 Å². The summed E-state index contributed by atoms with van der Waals surface area (Å²) in [6, 6.07) is 15.2. The molecule has 0 aliphatic carbocycles. The van der Waals surface area contributed by atoms with Gasteiger partial charge in [-0.2, -0.15) is 0 Å². The van der Waals surface area contributed by atoms with Gasteiger partial charge in [-0.05, 0) is 17.7 Å². The maximum atomic E-state index is 9.58. The molecule has 0 heterocycles. The van der Waals surface area contributed by atoms with Crippen LogP contribution in [0.4, 0.5) is 5.69 Å². The number of anilines is 1. The van der Waals surface area contributed by atoms with E-state index in [0.29, 0.717) is 17.8 Å². The first-order chi connectivity index (χ1) is 9.59. The minimum Gasteiger partial charge on any atom is -0.489 e. The molecule has 0 aromatic heterocycles. The van der Waals surface area contributed by atoms with E-state index in [2.05, 4.69) is 0 Å². The quantitative estimate of drug-likeness (QED) is 0.797. The highest BCUT2D eigenvalue weighted by Gasteiger charge is 2.22. The van der Waals surface area contributed by atoms with Crippen molar-refractivity contribution in [3.05, 3.63) is 54.1 Å².